The van der Waals surface area contributed by atoms with Gasteiger partial charge in [0.25, 0.3) is 0 Å². The van der Waals surface area contributed by atoms with Crippen LogP contribution in [-0.2, 0) is 25.5 Å². The van der Waals surface area contributed by atoms with Crippen LogP contribution in [0.3, 0.4) is 0 Å². The van der Waals surface area contributed by atoms with E-state index in [1.807, 2.05) is 19.1 Å². The highest BCUT2D eigenvalue weighted by Crippen LogP contribution is 2.13. The molecule has 1 aromatic rings. The Balaban J connectivity index is 0.00000110. The van der Waals surface area contributed by atoms with Crippen LogP contribution in [0.25, 0.3) is 6.08 Å². The summed E-state index contributed by atoms with van der Waals surface area (Å²) < 4.78 is 18.3. The molecule has 5 heteroatoms. The van der Waals surface area contributed by atoms with E-state index in [-0.39, 0.29) is 18.4 Å². The Morgan fingerprint density at radius 2 is 2.00 bits per heavy atom. The van der Waals surface area contributed by atoms with E-state index in [1.165, 1.54) is 6.07 Å². The van der Waals surface area contributed by atoms with Crippen molar-refractivity contribution >= 4 is 18.2 Å². The molecule has 0 atom stereocenters. The monoisotopic (exact) mass is 280 g/mol. The van der Waals surface area contributed by atoms with Crippen molar-refractivity contribution in [2.45, 2.75) is 26.7 Å². The fraction of sp³-hybridized carbons (Fsp3) is 0.333. The van der Waals surface area contributed by atoms with Crippen molar-refractivity contribution in [3.63, 3.8) is 0 Å². The molecule has 0 aliphatic rings. The number of carbonyl (C=O) groups is 1. The number of halogens is 1. The lowest BCUT2D eigenvalue weighted by Gasteiger charge is -2.04. The van der Waals surface area contributed by atoms with Crippen molar-refractivity contribution in [2.75, 3.05) is 6.61 Å². The summed E-state index contributed by atoms with van der Waals surface area (Å²) >= 11 is 0. The van der Waals surface area contributed by atoms with Crippen molar-refractivity contribution in [3.05, 3.63) is 41.2 Å². The maximum Gasteiger partial charge on any atom is 0.373 e. The van der Waals surface area contributed by atoms with E-state index in [0.29, 0.717) is 12.2 Å². The molecule has 1 rings (SSSR count). The van der Waals surface area contributed by atoms with Crippen molar-refractivity contribution < 1.29 is 23.5 Å². The Bertz CT molecular complexity index is 489. The summed E-state index contributed by atoms with van der Waals surface area (Å²) in [4.78, 5) is 27.5. The lowest BCUT2D eigenvalue weighted by molar-refractivity contribution is -0.191. The molecule has 4 nitrogen and oxygen atoms in total. The Morgan fingerprint density at radius 1 is 1.35 bits per heavy atom. The van der Waals surface area contributed by atoms with Crippen LogP contribution in [0.5, 0.6) is 0 Å². The molecule has 1 aromatic carbocycles. The third-order valence-corrected chi connectivity index (χ3v) is 2.26. The summed E-state index contributed by atoms with van der Waals surface area (Å²) in [6, 6.07) is 4.75. The van der Waals surface area contributed by atoms with E-state index >= 15 is 0 Å². The summed E-state index contributed by atoms with van der Waals surface area (Å²) in [5.41, 5.74) is 1.27. The number of allylic oxidation sites excluding steroid dienone is 1. The number of benzene rings is 1. The number of hydrogen-bond donors (Lipinski definition) is 0. The number of esters is 1. The van der Waals surface area contributed by atoms with Crippen LogP contribution in [0.15, 0.2) is 24.3 Å². The first-order valence-corrected chi connectivity index (χ1v) is 6.18. The Hall–Kier alpha value is -2.26. The summed E-state index contributed by atoms with van der Waals surface area (Å²) in [6.45, 7) is 4.07. The number of hydrogen-bond acceptors (Lipinski definition) is 4. The van der Waals surface area contributed by atoms with Gasteiger partial charge in [-0.2, -0.15) is 9.59 Å². The smallest absolute Gasteiger partial charge is 0.373 e. The maximum absolute atomic E-state index is 13.5. The first-order chi connectivity index (χ1) is 9.58. The molecule has 0 aliphatic heterocycles. The van der Waals surface area contributed by atoms with Crippen LogP contribution in [0, 0.1) is 5.82 Å². The molecule has 0 heterocycles. The molecule has 0 amide bonds. The van der Waals surface area contributed by atoms with Gasteiger partial charge in [0.2, 0.25) is 0 Å². The van der Waals surface area contributed by atoms with Crippen LogP contribution < -0.4 is 0 Å². The molecular weight excluding hydrogens is 263 g/mol. The van der Waals surface area contributed by atoms with Crippen molar-refractivity contribution in [1.82, 2.24) is 0 Å². The fourth-order valence-electron chi connectivity index (χ4n) is 1.46. The predicted octanol–water partition coefficient (Wildman–Crippen LogP) is 2.77. The second-order valence-corrected chi connectivity index (χ2v) is 3.73. The SMILES string of the molecule is CC/C=C/c1ccc(F)c(CC(=O)OCC)c1.O=C=O. The summed E-state index contributed by atoms with van der Waals surface area (Å²) in [7, 11) is 0. The third-order valence-electron chi connectivity index (χ3n) is 2.26. The van der Waals surface area contributed by atoms with Crippen molar-refractivity contribution in [1.29, 1.82) is 0 Å². The van der Waals surface area contributed by atoms with Gasteiger partial charge in [0.1, 0.15) is 5.82 Å². The van der Waals surface area contributed by atoms with Crippen LogP contribution in [0.2, 0.25) is 0 Å². The van der Waals surface area contributed by atoms with Gasteiger partial charge in [0, 0.05) is 0 Å². The van der Waals surface area contributed by atoms with E-state index < -0.39 is 5.97 Å². The number of ether oxygens (including phenoxy) is 1. The van der Waals surface area contributed by atoms with Crippen LogP contribution in [0.1, 0.15) is 31.4 Å². The third kappa shape index (κ3) is 7.24. The normalized spacial score (nSPS) is 9.55. The van der Waals surface area contributed by atoms with Gasteiger partial charge >= 0.3 is 12.1 Å². The van der Waals surface area contributed by atoms with E-state index in [1.54, 1.807) is 19.1 Å². The standard InChI is InChI=1S/C14H17FO2.CO2/c1-3-5-6-11-7-8-13(15)12(9-11)10-14(16)17-4-2;2-1-3/h5-9H,3-4,10H2,1-2H3;/b6-5+;. The molecule has 0 unspecified atom stereocenters. The largest absolute Gasteiger partial charge is 0.466 e. The fourth-order valence-corrected chi connectivity index (χ4v) is 1.46. The molecule has 20 heavy (non-hydrogen) atoms. The van der Waals surface area contributed by atoms with Crippen molar-refractivity contribution in [3.8, 4) is 0 Å². The maximum atomic E-state index is 13.5. The highest BCUT2D eigenvalue weighted by Gasteiger charge is 2.09. The van der Waals surface area contributed by atoms with Gasteiger partial charge in [0.05, 0.1) is 13.0 Å². The van der Waals surface area contributed by atoms with E-state index in [2.05, 4.69) is 0 Å². The van der Waals surface area contributed by atoms with Gasteiger partial charge in [-0.05, 0) is 36.6 Å². The lowest BCUT2D eigenvalue weighted by atomic mass is 10.1. The molecule has 0 aliphatic carbocycles. The van der Waals surface area contributed by atoms with E-state index in [9.17, 15) is 9.18 Å². The van der Waals surface area contributed by atoms with Crippen LogP contribution in [0.4, 0.5) is 4.39 Å². The summed E-state index contributed by atoms with van der Waals surface area (Å²) in [5.74, 6) is -0.769. The molecule has 0 saturated carbocycles. The van der Waals surface area contributed by atoms with Crippen LogP contribution >= 0.6 is 0 Å². The summed E-state index contributed by atoms with van der Waals surface area (Å²) in [6.07, 6.45) is 5.05. The second kappa shape index (κ2) is 10.6. The minimum Gasteiger partial charge on any atom is -0.466 e. The molecular formula is C15H17FO4. The molecule has 0 fully saturated rings. The highest BCUT2D eigenvalue weighted by molar-refractivity contribution is 5.73. The minimum absolute atomic E-state index is 0.0204. The Morgan fingerprint density at radius 3 is 2.55 bits per heavy atom. The topological polar surface area (TPSA) is 60.4 Å². The molecule has 0 spiro atoms. The quantitative estimate of drug-likeness (QED) is 0.778. The first kappa shape index (κ1) is 17.7. The predicted molar refractivity (Wildman–Crippen MR) is 71.1 cm³/mol. The average Bonchev–Trinajstić information content (AvgIpc) is 2.41. The Kier molecular flexibility index (Phi) is 9.44. The molecule has 0 N–H and O–H groups in total. The van der Waals surface area contributed by atoms with Crippen molar-refractivity contribution in [2.24, 2.45) is 0 Å². The van der Waals surface area contributed by atoms with Gasteiger partial charge in [-0.25, -0.2) is 4.39 Å². The minimum atomic E-state index is -0.400. The van der Waals surface area contributed by atoms with Gasteiger partial charge in [-0.3, -0.25) is 4.79 Å². The molecule has 0 radical (unpaired) electrons. The van der Waals surface area contributed by atoms with E-state index in [0.717, 1.165) is 12.0 Å². The first-order valence-electron chi connectivity index (χ1n) is 6.18. The van der Waals surface area contributed by atoms with Gasteiger partial charge in [-0.1, -0.05) is 25.1 Å². The molecule has 0 saturated heterocycles. The van der Waals surface area contributed by atoms with Gasteiger partial charge < -0.3 is 4.74 Å². The lowest BCUT2D eigenvalue weighted by Crippen LogP contribution is -2.08. The zero-order chi connectivity index (χ0) is 15.4. The summed E-state index contributed by atoms with van der Waals surface area (Å²) in [5, 5.41) is 0. The molecule has 0 aromatic heterocycles. The highest BCUT2D eigenvalue weighted by atomic mass is 19.1. The molecule has 108 valence electrons. The van der Waals surface area contributed by atoms with Crippen LogP contribution in [-0.4, -0.2) is 18.7 Å². The van der Waals surface area contributed by atoms with E-state index in [4.69, 9.17) is 14.3 Å². The Labute approximate surface area is 117 Å². The zero-order valence-corrected chi connectivity index (χ0v) is 11.5. The average molecular weight is 280 g/mol. The zero-order valence-electron chi connectivity index (χ0n) is 11.5. The second-order valence-electron chi connectivity index (χ2n) is 3.73. The van der Waals surface area contributed by atoms with Gasteiger partial charge in [0.15, 0.2) is 0 Å². The number of rotatable bonds is 5. The molecule has 0 bridgehead atoms. The number of carbonyl (C=O) groups excluding carboxylic acids is 3. The van der Waals surface area contributed by atoms with Gasteiger partial charge in [-0.15, -0.1) is 0 Å².